The van der Waals surface area contributed by atoms with E-state index in [0.29, 0.717) is 5.92 Å². The summed E-state index contributed by atoms with van der Waals surface area (Å²) < 4.78 is 6.17. The third-order valence-corrected chi connectivity index (χ3v) is 3.79. The normalized spacial score (nSPS) is 22.1. The summed E-state index contributed by atoms with van der Waals surface area (Å²) in [6, 6.07) is 6.17. The van der Waals surface area contributed by atoms with Gasteiger partial charge in [-0.3, -0.25) is 0 Å². The summed E-state index contributed by atoms with van der Waals surface area (Å²) in [6.45, 7) is 2.10. The lowest BCUT2D eigenvalue weighted by molar-refractivity contribution is 0.411. The van der Waals surface area contributed by atoms with Crippen molar-refractivity contribution in [2.45, 2.75) is 12.5 Å². The molecule has 0 spiro atoms. The maximum absolute atomic E-state index is 6.26. The van der Waals surface area contributed by atoms with Gasteiger partial charge < -0.3 is 15.8 Å². The highest BCUT2D eigenvalue weighted by Crippen LogP contribution is 2.31. The molecule has 0 radical (unpaired) electrons. The van der Waals surface area contributed by atoms with Crippen molar-refractivity contribution in [3.63, 3.8) is 0 Å². The Morgan fingerprint density at radius 2 is 2.38 bits per heavy atom. The Balaban J connectivity index is 2.16. The maximum atomic E-state index is 6.26. The quantitative estimate of drug-likeness (QED) is 0.893. The third kappa shape index (κ3) is 2.39. The van der Waals surface area contributed by atoms with E-state index in [-0.39, 0.29) is 6.04 Å². The molecule has 1 aliphatic heterocycles. The lowest BCUT2D eigenvalue weighted by atomic mass is 9.93. The van der Waals surface area contributed by atoms with Gasteiger partial charge in [-0.1, -0.05) is 6.07 Å². The van der Waals surface area contributed by atoms with Gasteiger partial charge in [-0.2, -0.15) is 0 Å². The van der Waals surface area contributed by atoms with Gasteiger partial charge in [0, 0.05) is 6.04 Å². The largest absolute Gasteiger partial charge is 0.496 e. The number of nitrogens with one attached hydrogen (secondary N) is 1. The Hall–Kier alpha value is -0.580. The number of nitrogens with two attached hydrogens (primary N) is 1. The van der Waals surface area contributed by atoms with Crippen molar-refractivity contribution < 1.29 is 4.74 Å². The molecule has 4 heteroatoms. The van der Waals surface area contributed by atoms with Crippen molar-refractivity contribution in [3.8, 4) is 5.75 Å². The first-order valence-corrected chi connectivity index (χ1v) is 6.31. The standard InChI is InChI=1S/C12H17BrN2O/c1-16-11-3-2-8(6-10(11)13)12(14)9-4-5-15-7-9/h2-3,6,9,12,15H,4-5,7,14H2,1H3. The van der Waals surface area contributed by atoms with Crippen LogP contribution in [0.4, 0.5) is 0 Å². The van der Waals surface area contributed by atoms with Crippen LogP contribution in [-0.2, 0) is 0 Å². The summed E-state index contributed by atoms with van der Waals surface area (Å²) in [5.74, 6) is 1.39. The number of methoxy groups -OCH3 is 1. The fourth-order valence-electron chi connectivity index (χ4n) is 2.15. The van der Waals surface area contributed by atoms with Gasteiger partial charge >= 0.3 is 0 Å². The predicted molar refractivity (Wildman–Crippen MR) is 68.6 cm³/mol. The molecular formula is C12H17BrN2O. The molecule has 0 aliphatic carbocycles. The van der Waals surface area contributed by atoms with Gasteiger partial charge in [0.1, 0.15) is 5.75 Å². The van der Waals surface area contributed by atoms with Crippen molar-refractivity contribution in [2.24, 2.45) is 11.7 Å². The summed E-state index contributed by atoms with van der Waals surface area (Å²) in [7, 11) is 1.67. The number of benzene rings is 1. The fourth-order valence-corrected chi connectivity index (χ4v) is 2.70. The summed E-state index contributed by atoms with van der Waals surface area (Å²) in [6.07, 6.45) is 1.16. The fraction of sp³-hybridized carbons (Fsp3) is 0.500. The number of hydrogen-bond donors (Lipinski definition) is 2. The molecule has 2 atom stereocenters. The molecule has 1 aromatic rings. The van der Waals surface area contributed by atoms with E-state index in [4.69, 9.17) is 10.5 Å². The van der Waals surface area contributed by atoms with Crippen LogP contribution in [0.1, 0.15) is 18.0 Å². The number of hydrogen-bond acceptors (Lipinski definition) is 3. The molecule has 88 valence electrons. The molecule has 0 bridgehead atoms. The summed E-state index contributed by atoms with van der Waals surface area (Å²) >= 11 is 3.49. The maximum Gasteiger partial charge on any atom is 0.133 e. The van der Waals surface area contributed by atoms with Crippen molar-refractivity contribution in [2.75, 3.05) is 20.2 Å². The zero-order valence-electron chi connectivity index (χ0n) is 9.37. The second-order valence-corrected chi connectivity index (χ2v) is 5.03. The van der Waals surface area contributed by atoms with Gasteiger partial charge in [-0.15, -0.1) is 0 Å². The van der Waals surface area contributed by atoms with E-state index in [1.807, 2.05) is 12.1 Å². The Kier molecular flexibility index (Phi) is 3.84. The van der Waals surface area contributed by atoms with E-state index in [9.17, 15) is 0 Å². The first-order valence-electron chi connectivity index (χ1n) is 5.52. The van der Waals surface area contributed by atoms with Crippen molar-refractivity contribution in [3.05, 3.63) is 28.2 Å². The highest BCUT2D eigenvalue weighted by atomic mass is 79.9. The topological polar surface area (TPSA) is 47.3 Å². The number of rotatable bonds is 3. The van der Waals surface area contributed by atoms with Gasteiger partial charge in [-0.25, -0.2) is 0 Å². The van der Waals surface area contributed by atoms with Crippen LogP contribution < -0.4 is 15.8 Å². The van der Waals surface area contributed by atoms with Gasteiger partial charge in [-0.05, 0) is 59.1 Å². The number of halogens is 1. The minimum Gasteiger partial charge on any atom is -0.496 e. The zero-order chi connectivity index (χ0) is 11.5. The summed E-state index contributed by atoms with van der Waals surface area (Å²) in [5, 5.41) is 3.34. The van der Waals surface area contributed by atoms with Gasteiger partial charge in [0.05, 0.1) is 11.6 Å². The predicted octanol–water partition coefficient (Wildman–Crippen LogP) is 2.07. The highest BCUT2D eigenvalue weighted by Gasteiger charge is 2.23. The zero-order valence-corrected chi connectivity index (χ0v) is 11.0. The molecular weight excluding hydrogens is 268 g/mol. The molecule has 1 aliphatic rings. The molecule has 2 rings (SSSR count). The van der Waals surface area contributed by atoms with Gasteiger partial charge in [0.2, 0.25) is 0 Å². The molecule has 16 heavy (non-hydrogen) atoms. The molecule has 1 saturated heterocycles. The van der Waals surface area contributed by atoms with E-state index in [0.717, 1.165) is 29.7 Å². The van der Waals surface area contributed by atoms with E-state index in [1.165, 1.54) is 5.56 Å². The van der Waals surface area contributed by atoms with Crippen LogP contribution >= 0.6 is 15.9 Å². The van der Waals surface area contributed by atoms with Crippen LogP contribution in [0.15, 0.2) is 22.7 Å². The Labute approximate surface area is 104 Å². The molecule has 3 nitrogen and oxygen atoms in total. The Morgan fingerprint density at radius 3 is 2.94 bits per heavy atom. The molecule has 2 unspecified atom stereocenters. The van der Waals surface area contributed by atoms with Crippen LogP contribution in [0.3, 0.4) is 0 Å². The first-order chi connectivity index (χ1) is 7.72. The first kappa shape index (κ1) is 11.9. The van der Waals surface area contributed by atoms with E-state index in [1.54, 1.807) is 7.11 Å². The van der Waals surface area contributed by atoms with Crippen LogP contribution in [0.25, 0.3) is 0 Å². The molecule has 1 fully saturated rings. The lowest BCUT2D eigenvalue weighted by Gasteiger charge is -2.19. The average molecular weight is 285 g/mol. The molecule has 1 heterocycles. The monoisotopic (exact) mass is 284 g/mol. The Morgan fingerprint density at radius 1 is 1.56 bits per heavy atom. The molecule has 0 amide bonds. The van der Waals surface area contributed by atoms with Crippen molar-refractivity contribution in [1.29, 1.82) is 0 Å². The van der Waals surface area contributed by atoms with Crippen LogP contribution in [0.5, 0.6) is 5.75 Å². The summed E-state index contributed by atoms with van der Waals surface area (Å²) in [5.41, 5.74) is 7.43. The minimum absolute atomic E-state index is 0.109. The smallest absolute Gasteiger partial charge is 0.133 e. The van der Waals surface area contributed by atoms with Gasteiger partial charge in [0.15, 0.2) is 0 Å². The SMILES string of the molecule is COc1ccc(C(N)C2CCNC2)cc1Br. The van der Waals surface area contributed by atoms with Crippen LogP contribution in [0, 0.1) is 5.92 Å². The minimum atomic E-state index is 0.109. The van der Waals surface area contributed by atoms with E-state index in [2.05, 4.69) is 27.3 Å². The molecule has 0 saturated carbocycles. The van der Waals surface area contributed by atoms with Crippen LogP contribution in [-0.4, -0.2) is 20.2 Å². The second-order valence-electron chi connectivity index (χ2n) is 4.17. The summed E-state index contributed by atoms with van der Waals surface area (Å²) in [4.78, 5) is 0. The molecule has 3 N–H and O–H groups in total. The van der Waals surface area contributed by atoms with E-state index >= 15 is 0 Å². The second kappa shape index (κ2) is 5.17. The lowest BCUT2D eigenvalue weighted by Crippen LogP contribution is -2.23. The molecule has 1 aromatic carbocycles. The highest BCUT2D eigenvalue weighted by molar-refractivity contribution is 9.10. The van der Waals surface area contributed by atoms with Gasteiger partial charge in [0.25, 0.3) is 0 Å². The van der Waals surface area contributed by atoms with Crippen molar-refractivity contribution in [1.82, 2.24) is 5.32 Å². The number of ether oxygens (including phenoxy) is 1. The Bertz CT molecular complexity index is 364. The third-order valence-electron chi connectivity index (χ3n) is 3.17. The van der Waals surface area contributed by atoms with E-state index < -0.39 is 0 Å². The van der Waals surface area contributed by atoms with Crippen LogP contribution in [0.2, 0.25) is 0 Å². The average Bonchev–Trinajstić information content (AvgIpc) is 2.81. The molecule has 0 aromatic heterocycles. The van der Waals surface area contributed by atoms with Crippen molar-refractivity contribution >= 4 is 15.9 Å².